The molecule has 230 valence electrons. The van der Waals surface area contributed by atoms with Crippen LogP contribution >= 0.6 is 0 Å². The molecular formula is C33H42N4O6. The highest BCUT2D eigenvalue weighted by Gasteiger charge is 2.30. The molecule has 2 bridgehead atoms. The number of carbonyl (C=O) groups excluding carboxylic acids is 1. The van der Waals surface area contributed by atoms with Gasteiger partial charge in [0.05, 0.1) is 25.4 Å². The maximum atomic E-state index is 12.8. The van der Waals surface area contributed by atoms with E-state index in [0.717, 1.165) is 53.8 Å². The van der Waals surface area contributed by atoms with Crippen LogP contribution in [0.25, 0.3) is 0 Å². The number of methoxy groups -OCH3 is 1. The SMILES string of the molecule is CNCOc1c2cc(c3c1OC[C@@H](C[C@H]1CCN=C(N)N1)C3)CC[C@@H](O)CC(=O)CCc1ccc(O)c(OC)c1C#CC2. The van der Waals surface area contributed by atoms with E-state index in [1.807, 2.05) is 7.05 Å². The second-order valence-electron chi connectivity index (χ2n) is 11.6. The van der Waals surface area contributed by atoms with E-state index in [-0.39, 0.29) is 42.1 Å². The van der Waals surface area contributed by atoms with Gasteiger partial charge in [0.2, 0.25) is 0 Å². The van der Waals surface area contributed by atoms with Crippen molar-refractivity contribution in [2.45, 2.75) is 69.9 Å². The number of rotatable bonds is 6. The van der Waals surface area contributed by atoms with Gasteiger partial charge >= 0.3 is 0 Å². The molecule has 0 radical (unpaired) electrons. The molecule has 0 spiro atoms. The van der Waals surface area contributed by atoms with Crippen LogP contribution in [0.2, 0.25) is 0 Å². The smallest absolute Gasteiger partial charge is 0.188 e. The average Bonchev–Trinajstić information content (AvgIpc) is 2.99. The zero-order valence-corrected chi connectivity index (χ0v) is 25.0. The second-order valence-corrected chi connectivity index (χ2v) is 11.6. The summed E-state index contributed by atoms with van der Waals surface area (Å²) in [6.45, 7) is 1.57. The first-order valence-electron chi connectivity index (χ1n) is 15.1. The molecule has 2 aromatic carbocycles. The van der Waals surface area contributed by atoms with Crippen molar-refractivity contribution in [3.05, 3.63) is 46.0 Å². The number of aryl methyl sites for hydroxylation is 2. The summed E-state index contributed by atoms with van der Waals surface area (Å²) in [5.74, 6) is 8.90. The summed E-state index contributed by atoms with van der Waals surface area (Å²) in [6, 6.07) is 5.69. The predicted octanol–water partition coefficient (Wildman–Crippen LogP) is 2.37. The molecule has 2 aromatic rings. The van der Waals surface area contributed by atoms with Crippen molar-refractivity contribution in [1.29, 1.82) is 0 Å². The van der Waals surface area contributed by atoms with Gasteiger partial charge in [0, 0.05) is 43.0 Å². The maximum Gasteiger partial charge on any atom is 0.188 e. The Morgan fingerprint density at radius 1 is 1.16 bits per heavy atom. The van der Waals surface area contributed by atoms with Crippen molar-refractivity contribution in [2.24, 2.45) is 16.6 Å². The van der Waals surface area contributed by atoms with Crippen LogP contribution in [-0.4, -0.2) is 68.1 Å². The molecule has 0 amide bonds. The fourth-order valence-electron chi connectivity index (χ4n) is 6.23. The van der Waals surface area contributed by atoms with Crippen molar-refractivity contribution < 1.29 is 29.2 Å². The minimum Gasteiger partial charge on any atom is -0.504 e. The number of nitrogens with zero attached hydrogens (tertiary/aromatic N) is 1. The van der Waals surface area contributed by atoms with Gasteiger partial charge < -0.3 is 35.5 Å². The number of ether oxygens (including phenoxy) is 3. The maximum absolute atomic E-state index is 12.8. The molecule has 3 atom stereocenters. The van der Waals surface area contributed by atoms with E-state index < -0.39 is 6.10 Å². The third-order valence-electron chi connectivity index (χ3n) is 8.36. The van der Waals surface area contributed by atoms with E-state index in [9.17, 15) is 15.0 Å². The molecule has 0 saturated carbocycles. The lowest BCUT2D eigenvalue weighted by molar-refractivity contribution is -0.121. The van der Waals surface area contributed by atoms with Crippen molar-refractivity contribution >= 4 is 11.7 Å². The largest absolute Gasteiger partial charge is 0.504 e. The van der Waals surface area contributed by atoms with E-state index in [0.29, 0.717) is 56.3 Å². The summed E-state index contributed by atoms with van der Waals surface area (Å²) in [7, 11) is 3.31. The number of fused-ring (bicyclic) bond motifs is 5. The zero-order chi connectivity index (χ0) is 30.3. The highest BCUT2D eigenvalue weighted by Crippen LogP contribution is 2.43. The fourth-order valence-corrected chi connectivity index (χ4v) is 6.23. The van der Waals surface area contributed by atoms with Gasteiger partial charge in [-0.1, -0.05) is 24.0 Å². The first kappa shape index (κ1) is 30.5. The van der Waals surface area contributed by atoms with E-state index in [1.54, 1.807) is 12.1 Å². The number of aliphatic hydroxyl groups excluding tert-OH is 1. The van der Waals surface area contributed by atoms with E-state index in [4.69, 9.17) is 19.9 Å². The molecule has 0 unspecified atom stereocenters. The number of nitrogens with two attached hydrogens (primary N) is 1. The lowest BCUT2D eigenvalue weighted by atomic mass is 9.85. The van der Waals surface area contributed by atoms with Crippen molar-refractivity contribution in [2.75, 3.05) is 34.0 Å². The lowest BCUT2D eigenvalue weighted by Crippen LogP contribution is -2.45. The monoisotopic (exact) mass is 590 g/mol. The Bertz CT molecular complexity index is 1430. The molecule has 2 aliphatic heterocycles. The highest BCUT2D eigenvalue weighted by atomic mass is 16.5. The molecule has 43 heavy (non-hydrogen) atoms. The van der Waals surface area contributed by atoms with E-state index >= 15 is 0 Å². The Kier molecular flexibility index (Phi) is 9.95. The predicted molar refractivity (Wildman–Crippen MR) is 164 cm³/mol. The number of hydrogen-bond donors (Lipinski definition) is 5. The summed E-state index contributed by atoms with van der Waals surface area (Å²) >= 11 is 0. The molecule has 6 N–H and O–H groups in total. The zero-order valence-electron chi connectivity index (χ0n) is 25.0. The van der Waals surface area contributed by atoms with Crippen LogP contribution < -0.4 is 30.6 Å². The lowest BCUT2D eigenvalue weighted by Gasteiger charge is -2.33. The molecule has 0 saturated heterocycles. The van der Waals surface area contributed by atoms with Crippen molar-refractivity contribution in [3.8, 4) is 34.8 Å². The van der Waals surface area contributed by atoms with Gasteiger partial charge in [0.25, 0.3) is 0 Å². The number of phenols is 1. The molecule has 5 rings (SSSR count). The Balaban J connectivity index is 1.53. The van der Waals surface area contributed by atoms with Crippen LogP contribution in [0, 0.1) is 17.8 Å². The Morgan fingerprint density at radius 2 is 2.02 bits per heavy atom. The van der Waals surface area contributed by atoms with Crippen LogP contribution in [-0.2, 0) is 30.5 Å². The number of nitrogens with one attached hydrogen (secondary N) is 2. The van der Waals surface area contributed by atoms with Gasteiger partial charge in [-0.2, -0.15) is 0 Å². The quantitative estimate of drug-likeness (QED) is 0.253. The molecule has 10 nitrogen and oxygen atoms in total. The van der Waals surface area contributed by atoms with Crippen LogP contribution in [0.4, 0.5) is 0 Å². The summed E-state index contributed by atoms with van der Waals surface area (Å²) in [5.41, 5.74) is 10.3. The fraction of sp³-hybridized carbons (Fsp3) is 0.515. The summed E-state index contributed by atoms with van der Waals surface area (Å²) in [6.07, 6.45) is 4.11. The topological polar surface area (TPSA) is 148 Å². The van der Waals surface area contributed by atoms with Crippen LogP contribution in [0.15, 0.2) is 23.2 Å². The third-order valence-corrected chi connectivity index (χ3v) is 8.36. The number of Topliss-reactive ketones (excluding diaryl/α,β-unsaturated/α-hetero) is 1. The minimum absolute atomic E-state index is 0.00863. The van der Waals surface area contributed by atoms with Gasteiger partial charge in [0.1, 0.15) is 12.5 Å². The number of benzene rings is 2. The number of phenolic OH excluding ortho intramolecular Hbond substituents is 1. The molecule has 3 aliphatic rings. The van der Waals surface area contributed by atoms with Gasteiger partial charge in [-0.3, -0.25) is 15.1 Å². The van der Waals surface area contributed by atoms with Gasteiger partial charge in [-0.05, 0) is 68.7 Å². The Labute approximate surface area is 253 Å². The van der Waals surface area contributed by atoms with Crippen molar-refractivity contribution in [3.63, 3.8) is 0 Å². The average molecular weight is 591 g/mol. The third kappa shape index (κ3) is 7.35. The number of carbonyl (C=O) groups is 1. The minimum atomic E-state index is -0.754. The number of hydrogen-bond acceptors (Lipinski definition) is 10. The summed E-state index contributed by atoms with van der Waals surface area (Å²) < 4.78 is 18.2. The molecule has 2 heterocycles. The Morgan fingerprint density at radius 3 is 2.81 bits per heavy atom. The molecular weight excluding hydrogens is 548 g/mol. The van der Waals surface area contributed by atoms with Gasteiger partial charge in [0.15, 0.2) is 29.0 Å². The normalized spacial score (nSPS) is 22.2. The molecule has 0 aromatic heterocycles. The Hall–Kier alpha value is -3.94. The number of aliphatic imine (C=N–C) groups is 1. The second kappa shape index (κ2) is 14.0. The molecule has 10 heteroatoms. The number of aliphatic hydroxyl groups is 1. The number of aromatic hydroxyl groups is 1. The number of ketones is 1. The first-order chi connectivity index (χ1) is 20.9. The van der Waals surface area contributed by atoms with Crippen LogP contribution in [0.3, 0.4) is 0 Å². The van der Waals surface area contributed by atoms with E-state index in [2.05, 4.69) is 33.5 Å². The van der Waals surface area contributed by atoms with Crippen LogP contribution in [0.5, 0.6) is 23.0 Å². The van der Waals surface area contributed by atoms with Gasteiger partial charge in [-0.25, -0.2) is 0 Å². The molecule has 1 aliphatic carbocycles. The standard InChI is InChI=1S/C33H42N4O6/c1-35-19-43-30-23-4-3-5-27-21(8-11-29(40)31(27)41-2)6-9-25(38)17-26(39)10-7-22(16-23)28-15-20(18-42-32(28)30)14-24-12-13-36-33(34)37-24/h8,11,16,20,24,26,35,39-40H,4,6-7,9-10,12-15,17-19H2,1-2H3,(H3,34,36,37)/t20-,24+,26+/m0/s1. The van der Waals surface area contributed by atoms with E-state index in [1.165, 1.54) is 7.11 Å². The number of guanidine groups is 1. The highest BCUT2D eigenvalue weighted by molar-refractivity contribution is 5.79. The molecule has 0 fully saturated rings. The summed E-state index contributed by atoms with van der Waals surface area (Å²) in [4.78, 5) is 17.1. The van der Waals surface area contributed by atoms with Crippen molar-refractivity contribution in [1.82, 2.24) is 10.6 Å². The van der Waals surface area contributed by atoms with Gasteiger partial charge in [-0.15, -0.1) is 0 Å². The van der Waals surface area contributed by atoms with Crippen LogP contribution in [0.1, 0.15) is 59.9 Å². The first-order valence-corrected chi connectivity index (χ1v) is 15.1. The summed E-state index contributed by atoms with van der Waals surface area (Å²) in [5, 5.41) is 27.7.